The van der Waals surface area contributed by atoms with E-state index in [4.69, 9.17) is 14.0 Å². The maximum atomic E-state index is 14.0. The number of aryl methyl sites for hydroxylation is 1. The summed E-state index contributed by atoms with van der Waals surface area (Å²) in [4.78, 5) is 4.66. The fourth-order valence-electron chi connectivity index (χ4n) is 4.68. The normalized spacial score (nSPS) is 19.1. The van der Waals surface area contributed by atoms with E-state index in [1.807, 2.05) is 41.5 Å². The van der Waals surface area contributed by atoms with Crippen LogP contribution in [-0.2, 0) is 26.4 Å². The SMILES string of the molecule is CCCCCCOc1ccc(CCC2(COP(=O)(C(C)(C)C)C(C)(C)C)COC(C)=N2)cc1C(F)(F)F. The zero-order valence-electron chi connectivity index (χ0n) is 23.8. The smallest absolute Gasteiger partial charge is 0.419 e. The number of aliphatic imine (C=N–C) groups is 1. The van der Waals surface area contributed by atoms with Crippen molar-refractivity contribution in [1.82, 2.24) is 0 Å². The largest absolute Gasteiger partial charge is 0.493 e. The number of hydrogen-bond acceptors (Lipinski definition) is 5. The first kappa shape index (κ1) is 31.7. The van der Waals surface area contributed by atoms with Crippen molar-refractivity contribution in [2.24, 2.45) is 4.99 Å². The highest BCUT2D eigenvalue weighted by Gasteiger charge is 2.50. The lowest BCUT2D eigenvalue weighted by molar-refractivity contribution is -0.139. The number of unbranched alkanes of at least 4 members (excludes halogenated alkanes) is 3. The monoisotopic (exact) mass is 547 g/mol. The molecule has 5 nitrogen and oxygen atoms in total. The van der Waals surface area contributed by atoms with Crippen molar-refractivity contribution in [1.29, 1.82) is 0 Å². The molecule has 0 N–H and O–H groups in total. The highest BCUT2D eigenvalue weighted by Crippen LogP contribution is 2.67. The predicted octanol–water partition coefficient (Wildman–Crippen LogP) is 8.68. The van der Waals surface area contributed by atoms with Gasteiger partial charge in [-0.1, -0.05) is 73.8 Å². The number of rotatable bonds is 12. The number of ether oxygens (including phenoxy) is 2. The second-order valence-electron chi connectivity index (χ2n) is 12.0. The molecule has 0 bridgehead atoms. The third kappa shape index (κ3) is 8.23. The lowest BCUT2D eigenvalue weighted by Crippen LogP contribution is -2.38. The molecule has 1 aliphatic heterocycles. The van der Waals surface area contributed by atoms with Gasteiger partial charge in [-0.3, -0.25) is 4.57 Å². The summed E-state index contributed by atoms with van der Waals surface area (Å²) >= 11 is 0. The first-order valence-corrected chi connectivity index (χ1v) is 14.8. The highest BCUT2D eigenvalue weighted by molar-refractivity contribution is 7.62. The number of hydrogen-bond donors (Lipinski definition) is 0. The summed E-state index contributed by atoms with van der Waals surface area (Å²) in [5, 5.41) is -1.17. The van der Waals surface area contributed by atoms with Crippen LogP contribution >= 0.6 is 7.37 Å². The van der Waals surface area contributed by atoms with E-state index in [1.165, 1.54) is 6.07 Å². The third-order valence-electron chi connectivity index (χ3n) is 6.71. The molecule has 1 aromatic rings. The summed E-state index contributed by atoms with van der Waals surface area (Å²) in [6.07, 6.45) is -0.0575. The second kappa shape index (κ2) is 12.1. The summed E-state index contributed by atoms with van der Waals surface area (Å²) in [5.74, 6) is 0.355. The van der Waals surface area contributed by atoms with Gasteiger partial charge in [0.25, 0.3) is 0 Å². The molecule has 1 aromatic carbocycles. The van der Waals surface area contributed by atoms with Gasteiger partial charge in [-0.25, -0.2) is 4.99 Å². The van der Waals surface area contributed by atoms with Crippen LogP contribution in [0.15, 0.2) is 23.2 Å². The molecule has 0 spiro atoms. The molecule has 212 valence electrons. The van der Waals surface area contributed by atoms with Crippen LogP contribution in [0.4, 0.5) is 13.2 Å². The van der Waals surface area contributed by atoms with Crippen LogP contribution in [0.5, 0.6) is 5.75 Å². The minimum absolute atomic E-state index is 0.0707. The topological polar surface area (TPSA) is 57.1 Å². The highest BCUT2D eigenvalue weighted by atomic mass is 31.2. The van der Waals surface area contributed by atoms with Crippen molar-refractivity contribution >= 4 is 13.3 Å². The van der Waals surface area contributed by atoms with Gasteiger partial charge >= 0.3 is 6.18 Å². The first-order valence-electron chi connectivity index (χ1n) is 13.2. The van der Waals surface area contributed by atoms with Crippen LogP contribution in [0.25, 0.3) is 0 Å². The van der Waals surface area contributed by atoms with E-state index >= 15 is 0 Å². The van der Waals surface area contributed by atoms with Gasteiger partial charge in [-0.05, 0) is 37.0 Å². The molecular formula is C28H45F3NO4P. The minimum atomic E-state index is -4.52. The summed E-state index contributed by atoms with van der Waals surface area (Å²) < 4.78 is 72.9. The van der Waals surface area contributed by atoms with Gasteiger partial charge in [0.2, 0.25) is 7.37 Å². The van der Waals surface area contributed by atoms with Crippen LogP contribution < -0.4 is 4.74 Å². The van der Waals surface area contributed by atoms with Crippen molar-refractivity contribution in [2.75, 3.05) is 19.8 Å². The van der Waals surface area contributed by atoms with Crippen LogP contribution in [0.1, 0.15) is 98.6 Å². The van der Waals surface area contributed by atoms with E-state index < -0.39 is 35.0 Å². The first-order chi connectivity index (χ1) is 16.9. The fraction of sp³-hybridized carbons (Fsp3) is 0.750. The van der Waals surface area contributed by atoms with Gasteiger partial charge in [0.15, 0.2) is 5.90 Å². The summed E-state index contributed by atoms with van der Waals surface area (Å²) in [6.45, 7) is 15.8. The lowest BCUT2D eigenvalue weighted by atomic mass is 9.93. The van der Waals surface area contributed by atoms with Crippen LogP contribution in [0, 0.1) is 0 Å². The Kier molecular flexibility index (Phi) is 10.4. The van der Waals surface area contributed by atoms with Crippen molar-refractivity contribution in [2.45, 2.75) is 116 Å². The molecule has 0 amide bonds. The summed E-state index contributed by atoms with van der Waals surface area (Å²) in [6, 6.07) is 4.25. The van der Waals surface area contributed by atoms with Crippen LogP contribution in [0.3, 0.4) is 0 Å². The molecule has 0 saturated carbocycles. The third-order valence-corrected chi connectivity index (χ3v) is 10.7. The van der Waals surface area contributed by atoms with Crippen molar-refractivity contribution in [3.63, 3.8) is 0 Å². The Bertz CT molecular complexity index is 961. The number of benzene rings is 1. The standard InChI is InChI=1S/C28H45F3NO4P/c1-9-10-11-12-17-34-24-14-13-22(18-23(24)28(29,30)31)15-16-27(19-35-21(2)32-27)20-36-37(33,25(3,4)5)26(6,7)8/h13-14,18H,9-12,15-17,19-20H2,1-8H3. The molecule has 0 aromatic heterocycles. The van der Waals surface area contributed by atoms with Crippen molar-refractivity contribution < 1.29 is 31.7 Å². The number of halogens is 3. The molecule has 1 unspecified atom stereocenters. The predicted molar refractivity (Wildman–Crippen MR) is 144 cm³/mol. The van der Waals surface area contributed by atoms with Gasteiger partial charge in [0, 0.05) is 17.2 Å². The van der Waals surface area contributed by atoms with E-state index in [-0.39, 0.29) is 25.6 Å². The molecule has 0 fully saturated rings. The quantitative estimate of drug-likeness (QED) is 0.194. The van der Waals surface area contributed by atoms with Gasteiger partial charge in [0.1, 0.15) is 17.9 Å². The summed E-state index contributed by atoms with van der Waals surface area (Å²) in [5.41, 5.74) is -1.05. The second-order valence-corrected chi connectivity index (χ2v) is 16.1. The Morgan fingerprint density at radius 3 is 2.22 bits per heavy atom. The number of nitrogens with zero attached hydrogens (tertiary/aromatic N) is 1. The lowest BCUT2D eigenvalue weighted by Gasteiger charge is -2.41. The molecule has 1 aliphatic rings. The maximum Gasteiger partial charge on any atom is 0.419 e. The van der Waals surface area contributed by atoms with Gasteiger partial charge in [-0.2, -0.15) is 13.2 Å². The minimum Gasteiger partial charge on any atom is -0.493 e. The fourth-order valence-corrected chi connectivity index (χ4v) is 7.89. The molecule has 1 heterocycles. The zero-order valence-corrected chi connectivity index (χ0v) is 24.7. The van der Waals surface area contributed by atoms with E-state index in [1.54, 1.807) is 13.0 Å². The van der Waals surface area contributed by atoms with Crippen LogP contribution in [0.2, 0.25) is 0 Å². The Balaban J connectivity index is 2.21. The molecule has 0 aliphatic carbocycles. The Morgan fingerprint density at radius 2 is 1.70 bits per heavy atom. The Hall–Kier alpha value is -1.53. The van der Waals surface area contributed by atoms with E-state index in [0.717, 1.165) is 31.7 Å². The maximum absolute atomic E-state index is 14.0. The Labute approximate surface area is 221 Å². The average molecular weight is 548 g/mol. The van der Waals surface area contributed by atoms with Gasteiger partial charge in [-0.15, -0.1) is 0 Å². The summed E-state index contributed by atoms with van der Waals surface area (Å²) in [7, 11) is -3.14. The molecule has 37 heavy (non-hydrogen) atoms. The molecule has 9 heteroatoms. The van der Waals surface area contributed by atoms with E-state index in [2.05, 4.69) is 11.9 Å². The van der Waals surface area contributed by atoms with E-state index in [9.17, 15) is 17.7 Å². The molecule has 0 radical (unpaired) electrons. The van der Waals surface area contributed by atoms with E-state index in [0.29, 0.717) is 24.3 Å². The van der Waals surface area contributed by atoms with Crippen LogP contribution in [-0.4, -0.2) is 41.6 Å². The average Bonchev–Trinajstić information content (AvgIpc) is 3.15. The molecule has 1 atom stereocenters. The zero-order chi connectivity index (χ0) is 28.1. The molecular weight excluding hydrogens is 502 g/mol. The van der Waals surface area contributed by atoms with Crippen molar-refractivity contribution in [3.05, 3.63) is 29.3 Å². The van der Waals surface area contributed by atoms with Crippen molar-refractivity contribution in [3.8, 4) is 5.75 Å². The molecule has 0 saturated heterocycles. The molecule has 2 rings (SSSR count). The van der Waals surface area contributed by atoms with Gasteiger partial charge in [0.05, 0.1) is 18.8 Å². The van der Waals surface area contributed by atoms with Gasteiger partial charge < -0.3 is 14.0 Å². The number of alkyl halides is 3. The Morgan fingerprint density at radius 1 is 1.05 bits per heavy atom.